The summed E-state index contributed by atoms with van der Waals surface area (Å²) < 4.78 is 0.365. The molecule has 0 fully saturated rings. The molecule has 0 aromatic heterocycles. The van der Waals surface area contributed by atoms with Crippen LogP contribution < -0.4 is 0 Å². The maximum Gasteiger partial charge on any atom is 0.131 e. The van der Waals surface area contributed by atoms with Gasteiger partial charge in [-0.2, -0.15) is 0 Å². The lowest BCUT2D eigenvalue weighted by atomic mass is 9.96. The highest BCUT2D eigenvalue weighted by Crippen LogP contribution is 2.30. The lowest BCUT2D eigenvalue weighted by Crippen LogP contribution is -2.29. The number of hydrogen-bond donors (Lipinski definition) is 0. The van der Waals surface area contributed by atoms with Gasteiger partial charge in [-0.15, -0.1) is 0 Å². The molecule has 12 heavy (non-hydrogen) atoms. The Bertz CT molecular complexity index is 98.0. The number of rotatable bonds is 3. The van der Waals surface area contributed by atoms with Crippen LogP contribution in [0.1, 0.15) is 34.6 Å². The zero-order valence-corrected chi connectivity index (χ0v) is 11.0. The molecule has 0 saturated carbocycles. The molecule has 0 aliphatic rings. The van der Waals surface area contributed by atoms with Crippen LogP contribution in [0.4, 0.5) is 0 Å². The van der Waals surface area contributed by atoms with Crippen LogP contribution in [0.2, 0.25) is 4.28 Å². The van der Waals surface area contributed by atoms with Crippen LogP contribution in [0.3, 0.4) is 0 Å². The van der Waals surface area contributed by atoms with Gasteiger partial charge in [-0.05, 0) is 20.6 Å². The van der Waals surface area contributed by atoms with Crippen molar-refractivity contribution in [2.75, 3.05) is 20.6 Å². The first-order chi connectivity index (χ1) is 5.36. The molecule has 1 nitrogen and oxygen atoms in total. The second-order valence-corrected chi connectivity index (χ2v) is 5.22. The Hall–Kier alpha value is 0.492. The van der Waals surface area contributed by atoms with Crippen LogP contribution >= 0.6 is 0 Å². The van der Waals surface area contributed by atoms with Gasteiger partial charge in [0.1, 0.15) is 16.3 Å². The molecular weight excluding hydrogens is 161 g/mol. The van der Waals surface area contributed by atoms with Gasteiger partial charge >= 0.3 is 0 Å². The summed E-state index contributed by atoms with van der Waals surface area (Å²) in [7, 11) is 4.23. The minimum absolute atomic E-state index is 0.365. The third-order valence-electron chi connectivity index (χ3n) is 1.98. The molecule has 72 valence electrons. The Morgan fingerprint density at radius 1 is 1.25 bits per heavy atom. The predicted molar refractivity (Wildman–Crippen MR) is 58.9 cm³/mol. The van der Waals surface area contributed by atoms with Crippen molar-refractivity contribution >= 4 is 16.3 Å². The SMILES string of the molecule is CC.CC(C)[C](C)([Al])CN(C)C. The van der Waals surface area contributed by atoms with Crippen LogP contribution in [-0.4, -0.2) is 41.8 Å². The Labute approximate surface area is 87.0 Å². The molecule has 2 radical (unpaired) electrons. The van der Waals surface area contributed by atoms with Gasteiger partial charge < -0.3 is 4.90 Å². The van der Waals surface area contributed by atoms with E-state index in [0.29, 0.717) is 4.28 Å². The van der Waals surface area contributed by atoms with Crippen molar-refractivity contribution in [3.8, 4) is 0 Å². The van der Waals surface area contributed by atoms with Crippen LogP contribution in [0, 0.1) is 5.92 Å². The van der Waals surface area contributed by atoms with Crippen molar-refractivity contribution in [2.24, 2.45) is 5.92 Å². The van der Waals surface area contributed by atoms with Crippen molar-refractivity contribution in [1.82, 2.24) is 4.90 Å². The smallest absolute Gasteiger partial charge is 0.131 e. The molecule has 2 heteroatoms. The largest absolute Gasteiger partial charge is 0.310 e. The first-order valence-electron chi connectivity index (χ1n) is 4.80. The zero-order chi connectivity index (χ0) is 10.4. The van der Waals surface area contributed by atoms with Crippen molar-refractivity contribution in [2.45, 2.75) is 38.9 Å². The monoisotopic (exact) mass is 185 g/mol. The average Bonchev–Trinajstić information content (AvgIpc) is 1.89. The molecule has 0 aliphatic heterocycles. The van der Waals surface area contributed by atoms with E-state index in [1.54, 1.807) is 0 Å². The van der Waals surface area contributed by atoms with Gasteiger partial charge in [-0.1, -0.05) is 44.8 Å². The minimum atomic E-state index is 0.365. The van der Waals surface area contributed by atoms with E-state index < -0.39 is 0 Å². The Kier molecular flexibility index (Phi) is 8.68. The standard InChI is InChI=1S/C8H18N.C2H6.Al/c1-7(2)8(3)6-9(4)5;1-2;/h7H,6H2,1-5H3;1-2H3;. The molecular formula is C10H24AlN. The van der Waals surface area contributed by atoms with Gasteiger partial charge in [-0.3, -0.25) is 0 Å². The summed E-state index contributed by atoms with van der Waals surface area (Å²) in [6, 6.07) is 0. The summed E-state index contributed by atoms with van der Waals surface area (Å²) >= 11 is 2.93. The molecule has 0 aromatic carbocycles. The molecule has 0 rings (SSSR count). The van der Waals surface area contributed by atoms with Crippen molar-refractivity contribution in [3.63, 3.8) is 0 Å². The summed E-state index contributed by atoms with van der Waals surface area (Å²) in [5.74, 6) is 0.722. The molecule has 0 N–H and O–H groups in total. The molecule has 0 saturated heterocycles. The highest BCUT2D eigenvalue weighted by atomic mass is 27.0. The van der Waals surface area contributed by atoms with Gasteiger partial charge in [0.2, 0.25) is 0 Å². The number of hydrogen-bond acceptors (Lipinski definition) is 1. The maximum absolute atomic E-state index is 2.93. The summed E-state index contributed by atoms with van der Waals surface area (Å²) in [5.41, 5.74) is 0. The second-order valence-electron chi connectivity index (χ2n) is 3.90. The maximum atomic E-state index is 2.93. The summed E-state index contributed by atoms with van der Waals surface area (Å²) in [5, 5.41) is 0. The third kappa shape index (κ3) is 7.16. The highest BCUT2D eigenvalue weighted by Gasteiger charge is 2.20. The molecule has 0 heterocycles. The minimum Gasteiger partial charge on any atom is -0.310 e. The van der Waals surface area contributed by atoms with E-state index in [1.807, 2.05) is 13.8 Å². The predicted octanol–water partition coefficient (Wildman–Crippen LogP) is 2.58. The topological polar surface area (TPSA) is 3.24 Å². The Morgan fingerprint density at radius 3 is 1.67 bits per heavy atom. The average molecular weight is 185 g/mol. The van der Waals surface area contributed by atoms with Crippen LogP contribution in [0.15, 0.2) is 0 Å². The number of nitrogens with zero attached hydrogens (tertiary/aromatic N) is 1. The van der Waals surface area contributed by atoms with Gasteiger partial charge in [0.15, 0.2) is 0 Å². The van der Waals surface area contributed by atoms with Crippen molar-refractivity contribution in [1.29, 1.82) is 0 Å². The molecule has 0 spiro atoms. The highest BCUT2D eigenvalue weighted by molar-refractivity contribution is 6.15. The van der Waals surface area contributed by atoms with Crippen molar-refractivity contribution < 1.29 is 0 Å². The van der Waals surface area contributed by atoms with E-state index in [-0.39, 0.29) is 0 Å². The van der Waals surface area contributed by atoms with E-state index in [0.717, 1.165) is 12.5 Å². The molecule has 1 unspecified atom stereocenters. The fraction of sp³-hybridized carbons (Fsp3) is 1.00. The fourth-order valence-corrected chi connectivity index (χ4v) is 1.23. The summed E-state index contributed by atoms with van der Waals surface area (Å²) in [6.45, 7) is 11.9. The lowest BCUT2D eigenvalue weighted by molar-refractivity contribution is 0.302. The summed E-state index contributed by atoms with van der Waals surface area (Å²) in [4.78, 5) is 2.23. The quantitative estimate of drug-likeness (QED) is 0.611. The second kappa shape index (κ2) is 6.95. The van der Waals surface area contributed by atoms with E-state index in [1.165, 1.54) is 0 Å². The Balaban J connectivity index is 0. The third-order valence-corrected chi connectivity index (χ3v) is 2.83. The van der Waals surface area contributed by atoms with Crippen LogP contribution in [0.5, 0.6) is 0 Å². The first-order valence-corrected chi connectivity index (χ1v) is 5.37. The van der Waals surface area contributed by atoms with Gasteiger partial charge in [0, 0.05) is 0 Å². The Morgan fingerprint density at radius 2 is 1.58 bits per heavy atom. The van der Waals surface area contributed by atoms with E-state index in [9.17, 15) is 0 Å². The summed E-state index contributed by atoms with van der Waals surface area (Å²) in [6.07, 6.45) is 0. The van der Waals surface area contributed by atoms with Crippen LogP contribution in [-0.2, 0) is 0 Å². The van der Waals surface area contributed by atoms with Gasteiger partial charge in [0.25, 0.3) is 0 Å². The van der Waals surface area contributed by atoms with Gasteiger partial charge in [-0.25, -0.2) is 0 Å². The van der Waals surface area contributed by atoms with E-state index >= 15 is 0 Å². The molecule has 0 aromatic rings. The molecule has 0 aliphatic carbocycles. The molecule has 1 atom stereocenters. The van der Waals surface area contributed by atoms with Gasteiger partial charge in [0.05, 0.1) is 0 Å². The normalized spacial score (nSPS) is 15.4. The van der Waals surface area contributed by atoms with Crippen molar-refractivity contribution in [3.05, 3.63) is 0 Å². The van der Waals surface area contributed by atoms with E-state index in [2.05, 4.69) is 56.1 Å². The lowest BCUT2D eigenvalue weighted by Gasteiger charge is -2.33. The fourth-order valence-electron chi connectivity index (χ4n) is 0.864. The van der Waals surface area contributed by atoms with Crippen LogP contribution in [0.25, 0.3) is 0 Å². The molecule has 0 amide bonds. The molecule has 0 bridgehead atoms. The van der Waals surface area contributed by atoms with E-state index in [4.69, 9.17) is 0 Å². The first kappa shape index (κ1) is 15.0. The zero-order valence-electron chi connectivity index (χ0n) is 9.81.